The molecule has 7 heteroatoms. The normalized spacial score (nSPS) is 12.2. The molecule has 0 unspecified atom stereocenters. The highest BCUT2D eigenvalue weighted by Gasteiger charge is 2.27. The number of carbonyl (C=O) groups excluding carboxylic acids is 1. The van der Waals surface area contributed by atoms with E-state index in [1.165, 1.54) is 6.07 Å². The molecular weight excluding hydrogens is 436 g/mol. The van der Waals surface area contributed by atoms with Crippen LogP contribution in [0.15, 0.2) is 71.6 Å². The largest absolute Gasteiger partial charge is 0.494 e. The Morgan fingerprint density at radius 3 is 2.21 bits per heavy atom. The molecule has 0 bridgehead atoms. The van der Waals surface area contributed by atoms with Crippen molar-refractivity contribution in [1.82, 2.24) is 4.72 Å². The predicted molar refractivity (Wildman–Crippen MR) is 131 cm³/mol. The third kappa shape index (κ3) is 6.66. The van der Waals surface area contributed by atoms with Crippen LogP contribution < -0.4 is 14.8 Å². The molecule has 0 saturated heterocycles. The number of hydrogen-bond acceptors (Lipinski definition) is 4. The highest BCUT2D eigenvalue weighted by Crippen LogP contribution is 2.22. The number of sulfonamides is 1. The van der Waals surface area contributed by atoms with E-state index >= 15 is 0 Å². The molecule has 0 fully saturated rings. The number of amides is 1. The molecule has 174 valence electrons. The predicted octanol–water partition coefficient (Wildman–Crippen LogP) is 4.54. The molecule has 0 aliphatic rings. The number of anilines is 1. The van der Waals surface area contributed by atoms with Crippen LogP contribution in [0.3, 0.4) is 0 Å². The van der Waals surface area contributed by atoms with Crippen LogP contribution in [0.4, 0.5) is 5.69 Å². The zero-order valence-electron chi connectivity index (χ0n) is 19.4. The van der Waals surface area contributed by atoms with Gasteiger partial charge in [0.25, 0.3) is 0 Å². The van der Waals surface area contributed by atoms with Crippen LogP contribution in [0.2, 0.25) is 0 Å². The summed E-state index contributed by atoms with van der Waals surface area (Å²) in [5.41, 5.74) is 4.21. The second-order valence-corrected chi connectivity index (χ2v) is 9.80. The number of aryl methyl sites for hydroxylation is 3. The first-order valence-corrected chi connectivity index (χ1v) is 12.3. The lowest BCUT2D eigenvalue weighted by Gasteiger charge is -2.20. The molecule has 0 saturated carbocycles. The number of hydrogen-bond donors (Lipinski definition) is 2. The van der Waals surface area contributed by atoms with Crippen LogP contribution in [-0.4, -0.2) is 27.0 Å². The fraction of sp³-hybridized carbons (Fsp3) is 0.269. The molecule has 1 amide bonds. The third-order valence-corrected chi connectivity index (χ3v) is 6.61. The summed E-state index contributed by atoms with van der Waals surface area (Å²) in [5, 5.41) is 2.87. The van der Waals surface area contributed by atoms with E-state index in [9.17, 15) is 13.2 Å². The van der Waals surface area contributed by atoms with Gasteiger partial charge >= 0.3 is 0 Å². The standard InChI is InChI=1S/C26H30N2O4S/c1-5-32-25-12-11-23(16-20(25)4)33(30,31)28-24(17-21-9-7-6-8-10-21)26(29)27-22-14-18(2)13-19(3)15-22/h6-16,24,28H,5,17H2,1-4H3,(H,27,29)/t24-/m1/s1. The molecular formula is C26H30N2O4S. The number of ether oxygens (including phenoxy) is 1. The number of rotatable bonds is 9. The van der Waals surface area contributed by atoms with Crippen molar-refractivity contribution in [2.24, 2.45) is 0 Å². The van der Waals surface area contributed by atoms with Gasteiger partial charge in [-0.2, -0.15) is 4.72 Å². The Bertz CT molecular complexity index is 1200. The van der Waals surface area contributed by atoms with Gasteiger partial charge in [-0.05, 0) is 86.7 Å². The lowest BCUT2D eigenvalue weighted by Crippen LogP contribution is -2.45. The minimum Gasteiger partial charge on any atom is -0.494 e. The summed E-state index contributed by atoms with van der Waals surface area (Å²) in [7, 11) is -3.95. The molecule has 3 aromatic carbocycles. The smallest absolute Gasteiger partial charge is 0.242 e. The summed E-state index contributed by atoms with van der Waals surface area (Å²) in [6.07, 6.45) is 0.215. The first kappa shape index (κ1) is 24.5. The lowest BCUT2D eigenvalue weighted by atomic mass is 10.1. The SMILES string of the molecule is CCOc1ccc(S(=O)(=O)N[C@H](Cc2ccccc2)C(=O)Nc2cc(C)cc(C)c2)cc1C. The average molecular weight is 467 g/mol. The van der Waals surface area contributed by atoms with Gasteiger partial charge in [-0.15, -0.1) is 0 Å². The van der Waals surface area contributed by atoms with Gasteiger partial charge in [0.15, 0.2) is 0 Å². The Balaban J connectivity index is 1.88. The Kier molecular flexibility index (Phi) is 7.89. The van der Waals surface area contributed by atoms with E-state index in [1.54, 1.807) is 19.1 Å². The molecule has 0 aliphatic carbocycles. The summed E-state index contributed by atoms with van der Waals surface area (Å²) < 4.78 is 34.5. The van der Waals surface area contributed by atoms with E-state index in [0.29, 0.717) is 23.6 Å². The fourth-order valence-corrected chi connectivity index (χ4v) is 4.96. The van der Waals surface area contributed by atoms with Gasteiger partial charge in [0.2, 0.25) is 15.9 Å². The first-order chi connectivity index (χ1) is 15.7. The van der Waals surface area contributed by atoms with Crippen molar-refractivity contribution in [3.63, 3.8) is 0 Å². The molecule has 3 aromatic rings. The van der Waals surface area contributed by atoms with Crippen LogP contribution >= 0.6 is 0 Å². The summed E-state index contributed by atoms with van der Waals surface area (Å²) in [4.78, 5) is 13.3. The van der Waals surface area contributed by atoms with Gasteiger partial charge < -0.3 is 10.1 Å². The molecule has 0 aromatic heterocycles. The second kappa shape index (κ2) is 10.6. The lowest BCUT2D eigenvalue weighted by molar-refractivity contribution is -0.117. The van der Waals surface area contributed by atoms with Gasteiger partial charge in [-0.25, -0.2) is 8.42 Å². The molecule has 2 N–H and O–H groups in total. The number of nitrogens with one attached hydrogen (secondary N) is 2. The average Bonchev–Trinajstić information content (AvgIpc) is 2.74. The highest BCUT2D eigenvalue weighted by atomic mass is 32.2. The van der Waals surface area contributed by atoms with E-state index in [-0.39, 0.29) is 11.3 Å². The maximum absolute atomic E-state index is 13.2. The van der Waals surface area contributed by atoms with Crippen LogP contribution in [-0.2, 0) is 21.2 Å². The summed E-state index contributed by atoms with van der Waals surface area (Å²) >= 11 is 0. The van der Waals surface area contributed by atoms with Gasteiger partial charge in [0.1, 0.15) is 11.8 Å². The van der Waals surface area contributed by atoms with Crippen LogP contribution in [0.25, 0.3) is 0 Å². The van der Waals surface area contributed by atoms with Gasteiger partial charge in [0, 0.05) is 5.69 Å². The maximum atomic E-state index is 13.2. The topological polar surface area (TPSA) is 84.5 Å². The van der Waals surface area contributed by atoms with Crippen LogP contribution in [0.1, 0.15) is 29.2 Å². The van der Waals surface area contributed by atoms with Gasteiger partial charge in [-0.1, -0.05) is 36.4 Å². The third-order valence-electron chi connectivity index (χ3n) is 5.14. The minimum absolute atomic E-state index is 0.0840. The zero-order chi connectivity index (χ0) is 24.0. The number of carbonyl (C=O) groups is 1. The first-order valence-electron chi connectivity index (χ1n) is 10.9. The van der Waals surface area contributed by atoms with Crippen LogP contribution in [0.5, 0.6) is 5.75 Å². The monoisotopic (exact) mass is 466 g/mol. The van der Waals surface area contributed by atoms with Crippen molar-refractivity contribution in [2.45, 2.75) is 45.1 Å². The Labute approximate surface area is 196 Å². The molecule has 1 atom stereocenters. The maximum Gasteiger partial charge on any atom is 0.242 e. The van der Waals surface area contributed by atoms with E-state index in [4.69, 9.17) is 4.74 Å². The van der Waals surface area contributed by atoms with E-state index in [2.05, 4.69) is 10.0 Å². The van der Waals surface area contributed by atoms with Crippen molar-refractivity contribution in [3.8, 4) is 5.75 Å². The van der Waals surface area contributed by atoms with E-state index < -0.39 is 22.0 Å². The fourth-order valence-electron chi connectivity index (χ4n) is 3.68. The molecule has 0 aliphatic heterocycles. The molecule has 3 rings (SSSR count). The quantitative estimate of drug-likeness (QED) is 0.485. The van der Waals surface area contributed by atoms with Crippen LogP contribution in [0, 0.1) is 20.8 Å². The second-order valence-electron chi connectivity index (χ2n) is 8.09. The summed E-state index contributed by atoms with van der Waals surface area (Å²) in [6, 6.07) is 18.7. The molecule has 6 nitrogen and oxygen atoms in total. The van der Waals surface area contributed by atoms with Crippen molar-refractivity contribution >= 4 is 21.6 Å². The molecule has 33 heavy (non-hydrogen) atoms. The molecule has 0 heterocycles. The van der Waals surface area contributed by atoms with Crippen molar-refractivity contribution in [3.05, 3.63) is 89.0 Å². The van der Waals surface area contributed by atoms with Gasteiger partial charge in [-0.3, -0.25) is 4.79 Å². The zero-order valence-corrected chi connectivity index (χ0v) is 20.2. The summed E-state index contributed by atoms with van der Waals surface area (Å²) in [6.45, 7) is 8.04. The van der Waals surface area contributed by atoms with Crippen molar-refractivity contribution < 1.29 is 17.9 Å². The minimum atomic E-state index is -3.95. The van der Waals surface area contributed by atoms with E-state index in [1.807, 2.05) is 69.3 Å². The molecule has 0 radical (unpaired) electrons. The Morgan fingerprint density at radius 2 is 1.61 bits per heavy atom. The van der Waals surface area contributed by atoms with E-state index in [0.717, 1.165) is 16.7 Å². The number of benzene rings is 3. The highest BCUT2D eigenvalue weighted by molar-refractivity contribution is 7.89. The summed E-state index contributed by atoms with van der Waals surface area (Å²) in [5.74, 6) is 0.208. The Morgan fingerprint density at radius 1 is 0.939 bits per heavy atom. The van der Waals surface area contributed by atoms with Crippen molar-refractivity contribution in [2.75, 3.05) is 11.9 Å². The Hall–Kier alpha value is -3.16. The van der Waals surface area contributed by atoms with Crippen molar-refractivity contribution in [1.29, 1.82) is 0 Å². The molecule has 0 spiro atoms. The van der Waals surface area contributed by atoms with Gasteiger partial charge in [0.05, 0.1) is 11.5 Å².